The van der Waals surface area contributed by atoms with Crippen molar-refractivity contribution in [3.05, 3.63) is 52.3 Å². The van der Waals surface area contributed by atoms with Crippen LogP contribution < -0.4 is 0 Å². The highest BCUT2D eigenvalue weighted by atomic mass is 32.1. The molecule has 0 saturated carbocycles. The van der Waals surface area contributed by atoms with Crippen molar-refractivity contribution < 1.29 is 19.1 Å². The summed E-state index contributed by atoms with van der Waals surface area (Å²) < 4.78 is 9.65. The average molecular weight is 306 g/mol. The Hall–Kier alpha value is -2.14. The second-order valence-corrected chi connectivity index (χ2v) is 4.81. The molecule has 1 heterocycles. The molecule has 1 aromatic rings. The van der Waals surface area contributed by atoms with Gasteiger partial charge in [-0.1, -0.05) is 6.07 Å². The fourth-order valence-electron chi connectivity index (χ4n) is 1.40. The summed E-state index contributed by atoms with van der Waals surface area (Å²) in [6.07, 6.45) is 7.74. The van der Waals surface area contributed by atoms with E-state index in [4.69, 9.17) is 9.47 Å². The number of allylic oxidation sites excluding steroid dienone is 3. The molecule has 0 aliphatic carbocycles. The predicted molar refractivity (Wildman–Crippen MR) is 83.8 cm³/mol. The molecule has 0 unspecified atom stereocenters. The topological polar surface area (TPSA) is 52.6 Å². The fourth-order valence-corrected chi connectivity index (χ4v) is 2.07. The zero-order chi connectivity index (χ0) is 15.5. The van der Waals surface area contributed by atoms with E-state index in [0.29, 0.717) is 18.8 Å². The summed E-state index contributed by atoms with van der Waals surface area (Å²) in [5, 5.41) is 1.95. The lowest BCUT2D eigenvalue weighted by Crippen LogP contribution is -2.00. The summed E-state index contributed by atoms with van der Waals surface area (Å²) in [4.78, 5) is 23.7. The van der Waals surface area contributed by atoms with Gasteiger partial charge in [0.05, 0.1) is 13.2 Å². The highest BCUT2D eigenvalue weighted by Gasteiger charge is 1.98. The number of hydrogen-bond donors (Lipinski definition) is 0. The van der Waals surface area contributed by atoms with Gasteiger partial charge in [0.15, 0.2) is 0 Å². The first kappa shape index (κ1) is 16.9. The number of ether oxygens (including phenoxy) is 2. The van der Waals surface area contributed by atoms with Crippen molar-refractivity contribution in [3.63, 3.8) is 0 Å². The molecule has 0 aromatic carbocycles. The molecule has 112 valence electrons. The van der Waals surface area contributed by atoms with Crippen LogP contribution in [0.2, 0.25) is 0 Å². The average Bonchev–Trinajstić information content (AvgIpc) is 2.95. The Morgan fingerprint density at radius 2 is 1.62 bits per heavy atom. The Kier molecular flexibility index (Phi) is 7.82. The van der Waals surface area contributed by atoms with Crippen LogP contribution in [0.1, 0.15) is 18.7 Å². The summed E-state index contributed by atoms with van der Waals surface area (Å²) in [5.74, 6) is -0.835. The maximum Gasteiger partial charge on any atom is 0.330 e. The van der Waals surface area contributed by atoms with Gasteiger partial charge in [-0.3, -0.25) is 0 Å². The van der Waals surface area contributed by atoms with Crippen LogP contribution in [0.25, 0.3) is 6.08 Å². The minimum absolute atomic E-state index is 0.325. The van der Waals surface area contributed by atoms with Crippen LogP contribution in [0.5, 0.6) is 0 Å². The molecule has 0 radical (unpaired) electrons. The molecule has 1 rings (SSSR count). The van der Waals surface area contributed by atoms with Crippen LogP contribution in [-0.4, -0.2) is 25.2 Å². The quantitative estimate of drug-likeness (QED) is 0.440. The van der Waals surface area contributed by atoms with Crippen LogP contribution in [0.15, 0.2) is 47.4 Å². The van der Waals surface area contributed by atoms with E-state index < -0.39 is 11.9 Å². The van der Waals surface area contributed by atoms with Crippen LogP contribution in [0.3, 0.4) is 0 Å². The molecule has 21 heavy (non-hydrogen) atoms. The van der Waals surface area contributed by atoms with Crippen molar-refractivity contribution in [3.8, 4) is 0 Å². The molecule has 0 saturated heterocycles. The molecule has 0 N–H and O–H groups in total. The van der Waals surface area contributed by atoms with Gasteiger partial charge in [-0.15, -0.1) is 11.3 Å². The van der Waals surface area contributed by atoms with E-state index >= 15 is 0 Å². The minimum Gasteiger partial charge on any atom is -0.463 e. The van der Waals surface area contributed by atoms with Crippen LogP contribution >= 0.6 is 11.3 Å². The van der Waals surface area contributed by atoms with E-state index in [-0.39, 0.29) is 0 Å². The Bertz CT molecular complexity index is 509. The van der Waals surface area contributed by atoms with Crippen molar-refractivity contribution in [2.24, 2.45) is 0 Å². The van der Waals surface area contributed by atoms with Gasteiger partial charge in [-0.25, -0.2) is 9.59 Å². The minimum atomic E-state index is -0.417. The Morgan fingerprint density at radius 3 is 2.05 bits per heavy atom. The molecule has 0 bridgehead atoms. The summed E-state index contributed by atoms with van der Waals surface area (Å²) in [5.41, 5.74) is 0.707. The Balaban J connectivity index is 2.85. The Morgan fingerprint density at radius 1 is 1.05 bits per heavy atom. The molecule has 5 heteroatoms. The van der Waals surface area contributed by atoms with Gasteiger partial charge in [-0.05, 0) is 49.1 Å². The lowest BCUT2D eigenvalue weighted by molar-refractivity contribution is -0.138. The van der Waals surface area contributed by atoms with Gasteiger partial charge in [0.25, 0.3) is 0 Å². The smallest absolute Gasteiger partial charge is 0.330 e. The molecule has 1 aromatic heterocycles. The number of carbonyl (C=O) groups excluding carboxylic acids is 2. The first-order chi connectivity index (χ1) is 10.2. The van der Waals surface area contributed by atoms with Gasteiger partial charge in [0, 0.05) is 17.0 Å². The van der Waals surface area contributed by atoms with E-state index in [2.05, 4.69) is 0 Å². The van der Waals surface area contributed by atoms with Crippen molar-refractivity contribution in [1.29, 1.82) is 0 Å². The van der Waals surface area contributed by atoms with Gasteiger partial charge in [0.1, 0.15) is 0 Å². The van der Waals surface area contributed by atoms with Gasteiger partial charge in [-0.2, -0.15) is 0 Å². The highest BCUT2D eigenvalue weighted by molar-refractivity contribution is 7.10. The van der Waals surface area contributed by atoms with Crippen molar-refractivity contribution in [2.75, 3.05) is 13.2 Å². The molecular formula is C16H18O4S. The summed E-state index contributed by atoms with van der Waals surface area (Å²) in [6.45, 7) is 4.14. The summed E-state index contributed by atoms with van der Waals surface area (Å²) in [6, 6.07) is 3.87. The lowest BCUT2D eigenvalue weighted by atomic mass is 10.2. The third kappa shape index (κ3) is 7.27. The van der Waals surface area contributed by atoms with Crippen LogP contribution in [0, 0.1) is 0 Å². The van der Waals surface area contributed by atoms with Crippen molar-refractivity contribution >= 4 is 29.4 Å². The molecule has 0 aliphatic heterocycles. The maximum absolute atomic E-state index is 11.3. The molecule has 0 spiro atoms. The molecule has 0 amide bonds. The number of thiophene rings is 1. The molecule has 0 aliphatic rings. The molecule has 0 fully saturated rings. The van der Waals surface area contributed by atoms with Gasteiger partial charge >= 0.3 is 11.9 Å². The molecule has 0 atom stereocenters. The zero-order valence-electron chi connectivity index (χ0n) is 12.1. The first-order valence-corrected chi connectivity index (χ1v) is 7.48. The second-order valence-electron chi connectivity index (χ2n) is 3.83. The number of rotatable bonds is 7. The van der Waals surface area contributed by atoms with Crippen molar-refractivity contribution in [1.82, 2.24) is 0 Å². The third-order valence-electron chi connectivity index (χ3n) is 2.25. The lowest BCUT2D eigenvalue weighted by Gasteiger charge is -1.97. The van der Waals surface area contributed by atoms with E-state index in [0.717, 1.165) is 4.88 Å². The monoisotopic (exact) mass is 306 g/mol. The van der Waals surface area contributed by atoms with Crippen LogP contribution in [-0.2, 0) is 19.1 Å². The van der Waals surface area contributed by atoms with Crippen molar-refractivity contribution in [2.45, 2.75) is 13.8 Å². The first-order valence-electron chi connectivity index (χ1n) is 6.60. The number of esters is 2. The van der Waals surface area contributed by atoms with Crippen LogP contribution in [0.4, 0.5) is 0 Å². The highest BCUT2D eigenvalue weighted by Crippen LogP contribution is 2.15. The zero-order valence-corrected chi connectivity index (χ0v) is 12.9. The fraction of sp³-hybridized carbons (Fsp3) is 0.250. The van der Waals surface area contributed by atoms with Gasteiger partial charge in [0.2, 0.25) is 0 Å². The van der Waals surface area contributed by atoms with Gasteiger partial charge < -0.3 is 9.47 Å². The second kappa shape index (κ2) is 9.72. The van der Waals surface area contributed by atoms with E-state index in [1.54, 1.807) is 37.3 Å². The summed E-state index contributed by atoms with van der Waals surface area (Å²) in [7, 11) is 0. The number of hydrogen-bond acceptors (Lipinski definition) is 5. The van der Waals surface area contributed by atoms with E-state index in [1.165, 1.54) is 12.2 Å². The molecule has 4 nitrogen and oxygen atoms in total. The van der Waals surface area contributed by atoms with E-state index in [1.807, 2.05) is 23.6 Å². The normalized spacial score (nSPS) is 10.8. The summed E-state index contributed by atoms with van der Waals surface area (Å²) >= 11 is 1.56. The molecular weight excluding hydrogens is 288 g/mol. The maximum atomic E-state index is 11.3. The third-order valence-corrected chi connectivity index (χ3v) is 3.07. The Labute approximate surface area is 128 Å². The SMILES string of the molecule is CCOC(=O)/C=C/C(=Cc1cccs1)/C=C/C(=O)OCC. The number of carbonyl (C=O) groups is 2. The standard InChI is InChI=1S/C16H18O4S/c1-3-19-15(17)9-7-13(8-10-16(18)20-4-2)12-14-6-5-11-21-14/h5-12H,3-4H2,1-2H3/b9-7+,10-8+. The largest absolute Gasteiger partial charge is 0.463 e. The van der Waals surface area contributed by atoms with E-state index in [9.17, 15) is 9.59 Å². The predicted octanol–water partition coefficient (Wildman–Crippen LogP) is 3.37.